The van der Waals surface area contributed by atoms with E-state index in [1.807, 2.05) is 19.9 Å². The maximum atomic E-state index is 12.9. The van der Waals surface area contributed by atoms with Crippen LogP contribution in [0.15, 0.2) is 41.9 Å². The molecule has 0 heterocycles. The molecule has 0 aromatic heterocycles. The lowest BCUT2D eigenvalue weighted by Crippen LogP contribution is -1.94. The van der Waals surface area contributed by atoms with Gasteiger partial charge >= 0.3 is 0 Å². The van der Waals surface area contributed by atoms with Crippen LogP contribution in [0.4, 0.5) is 4.39 Å². The van der Waals surface area contributed by atoms with Crippen LogP contribution < -0.4 is 0 Å². The molecule has 0 spiro atoms. The molecule has 0 amide bonds. The fraction of sp³-hybridized carbons (Fsp3) is 0.250. The monoisotopic (exact) mass is 191 g/mol. The van der Waals surface area contributed by atoms with Crippen LogP contribution >= 0.6 is 0 Å². The maximum Gasteiger partial charge on any atom is 0.123 e. The Balaban J connectivity index is 2.89. The number of hydrogen-bond acceptors (Lipinski definition) is 1. The summed E-state index contributed by atoms with van der Waals surface area (Å²) in [6, 6.07) is 6.47. The molecule has 0 bridgehead atoms. The van der Waals surface area contributed by atoms with Gasteiger partial charge in [0.25, 0.3) is 0 Å². The van der Waals surface area contributed by atoms with Gasteiger partial charge in [0.2, 0.25) is 0 Å². The SMILES string of the molecule is C=CC(C)=NC(C)c1cccc(F)c1. The molecule has 1 atom stereocenters. The Labute approximate surface area is 84.0 Å². The molecule has 0 aliphatic carbocycles. The third kappa shape index (κ3) is 2.80. The molecule has 0 fully saturated rings. The normalized spacial score (nSPS) is 13.8. The number of nitrogens with zero attached hydrogens (tertiary/aromatic N) is 1. The molecule has 74 valence electrons. The molecule has 0 aliphatic rings. The quantitative estimate of drug-likeness (QED) is 0.648. The van der Waals surface area contributed by atoms with Crippen molar-refractivity contribution < 1.29 is 4.39 Å². The number of rotatable bonds is 3. The summed E-state index contributed by atoms with van der Waals surface area (Å²) >= 11 is 0. The molecule has 1 unspecified atom stereocenters. The van der Waals surface area contributed by atoms with Crippen molar-refractivity contribution in [1.29, 1.82) is 0 Å². The van der Waals surface area contributed by atoms with E-state index in [0.29, 0.717) is 0 Å². The number of halogens is 1. The largest absolute Gasteiger partial charge is 0.282 e. The molecule has 0 aliphatic heterocycles. The van der Waals surface area contributed by atoms with E-state index in [1.54, 1.807) is 12.1 Å². The van der Waals surface area contributed by atoms with E-state index in [2.05, 4.69) is 11.6 Å². The van der Waals surface area contributed by atoms with Gasteiger partial charge in [0.05, 0.1) is 6.04 Å². The van der Waals surface area contributed by atoms with E-state index in [9.17, 15) is 4.39 Å². The predicted octanol–water partition coefficient (Wildman–Crippen LogP) is 3.53. The molecule has 2 heteroatoms. The van der Waals surface area contributed by atoms with E-state index in [1.165, 1.54) is 12.1 Å². The van der Waals surface area contributed by atoms with Crippen molar-refractivity contribution >= 4 is 5.71 Å². The fourth-order valence-electron chi connectivity index (χ4n) is 1.20. The molecule has 0 saturated carbocycles. The first kappa shape index (κ1) is 10.6. The lowest BCUT2D eigenvalue weighted by atomic mass is 10.1. The highest BCUT2D eigenvalue weighted by molar-refractivity contribution is 5.92. The highest BCUT2D eigenvalue weighted by Crippen LogP contribution is 2.17. The van der Waals surface area contributed by atoms with Gasteiger partial charge in [-0.05, 0) is 37.6 Å². The third-order valence-corrected chi connectivity index (χ3v) is 2.02. The lowest BCUT2D eigenvalue weighted by Gasteiger charge is -2.07. The van der Waals surface area contributed by atoms with Crippen LogP contribution in [0.25, 0.3) is 0 Å². The Morgan fingerprint density at radius 3 is 2.86 bits per heavy atom. The minimum atomic E-state index is -0.221. The van der Waals surface area contributed by atoms with Gasteiger partial charge in [0, 0.05) is 5.71 Å². The van der Waals surface area contributed by atoms with E-state index >= 15 is 0 Å². The molecule has 0 N–H and O–H groups in total. The molecule has 1 aromatic carbocycles. The number of hydrogen-bond donors (Lipinski definition) is 0. The summed E-state index contributed by atoms with van der Waals surface area (Å²) in [7, 11) is 0. The second-order valence-electron chi connectivity index (χ2n) is 3.21. The number of allylic oxidation sites excluding steroid dienone is 1. The van der Waals surface area contributed by atoms with Gasteiger partial charge in [-0.3, -0.25) is 4.99 Å². The van der Waals surface area contributed by atoms with Crippen molar-refractivity contribution in [2.24, 2.45) is 4.99 Å². The summed E-state index contributed by atoms with van der Waals surface area (Å²) in [6.07, 6.45) is 1.69. The van der Waals surface area contributed by atoms with Crippen LogP contribution in [0.1, 0.15) is 25.5 Å². The number of aliphatic imine (C=N–C) groups is 1. The van der Waals surface area contributed by atoms with Crippen LogP contribution in [-0.4, -0.2) is 5.71 Å². The molecule has 0 saturated heterocycles. The Morgan fingerprint density at radius 2 is 2.29 bits per heavy atom. The summed E-state index contributed by atoms with van der Waals surface area (Å²) in [4.78, 5) is 4.34. The van der Waals surface area contributed by atoms with E-state index < -0.39 is 0 Å². The van der Waals surface area contributed by atoms with E-state index in [0.717, 1.165) is 11.3 Å². The molecule has 0 radical (unpaired) electrons. The minimum Gasteiger partial charge on any atom is -0.282 e. The third-order valence-electron chi connectivity index (χ3n) is 2.02. The van der Waals surface area contributed by atoms with Crippen LogP contribution in [0.2, 0.25) is 0 Å². The molecule has 1 rings (SSSR count). The van der Waals surface area contributed by atoms with Crippen LogP contribution in [0.3, 0.4) is 0 Å². The first-order valence-corrected chi connectivity index (χ1v) is 4.56. The van der Waals surface area contributed by atoms with Gasteiger partial charge in [-0.1, -0.05) is 18.7 Å². The first-order chi connectivity index (χ1) is 6.63. The van der Waals surface area contributed by atoms with E-state index in [4.69, 9.17) is 0 Å². The average Bonchev–Trinajstić information content (AvgIpc) is 2.17. The summed E-state index contributed by atoms with van der Waals surface area (Å²) in [5.74, 6) is -0.221. The molecular weight excluding hydrogens is 177 g/mol. The van der Waals surface area contributed by atoms with Gasteiger partial charge in [-0.25, -0.2) is 4.39 Å². The van der Waals surface area contributed by atoms with Crippen LogP contribution in [0, 0.1) is 5.82 Å². The maximum absolute atomic E-state index is 12.9. The van der Waals surface area contributed by atoms with Gasteiger partial charge < -0.3 is 0 Å². The Kier molecular flexibility index (Phi) is 3.57. The van der Waals surface area contributed by atoms with Crippen molar-refractivity contribution in [1.82, 2.24) is 0 Å². The van der Waals surface area contributed by atoms with Gasteiger partial charge in [0.15, 0.2) is 0 Å². The zero-order valence-electron chi connectivity index (χ0n) is 8.50. The second kappa shape index (κ2) is 4.70. The Hall–Kier alpha value is -1.44. The van der Waals surface area contributed by atoms with Crippen molar-refractivity contribution in [3.05, 3.63) is 48.3 Å². The standard InChI is InChI=1S/C12H14FN/c1-4-9(2)14-10(3)11-6-5-7-12(13)8-11/h4-8,10H,1H2,2-3H3. The average molecular weight is 191 g/mol. The smallest absolute Gasteiger partial charge is 0.123 e. The molecule has 14 heavy (non-hydrogen) atoms. The highest BCUT2D eigenvalue weighted by Gasteiger charge is 2.03. The summed E-state index contributed by atoms with van der Waals surface area (Å²) in [6.45, 7) is 7.43. The Morgan fingerprint density at radius 1 is 1.57 bits per heavy atom. The van der Waals surface area contributed by atoms with Gasteiger partial charge in [-0.2, -0.15) is 0 Å². The highest BCUT2D eigenvalue weighted by atomic mass is 19.1. The fourth-order valence-corrected chi connectivity index (χ4v) is 1.20. The zero-order chi connectivity index (χ0) is 10.6. The van der Waals surface area contributed by atoms with Gasteiger partial charge in [0.1, 0.15) is 5.82 Å². The summed E-state index contributed by atoms with van der Waals surface area (Å²) in [5, 5.41) is 0. The summed E-state index contributed by atoms with van der Waals surface area (Å²) in [5.41, 5.74) is 1.74. The molecule has 1 nitrogen and oxygen atoms in total. The van der Waals surface area contributed by atoms with Crippen LogP contribution in [0.5, 0.6) is 0 Å². The van der Waals surface area contributed by atoms with Crippen molar-refractivity contribution in [2.75, 3.05) is 0 Å². The van der Waals surface area contributed by atoms with Crippen LogP contribution in [-0.2, 0) is 0 Å². The first-order valence-electron chi connectivity index (χ1n) is 4.56. The zero-order valence-corrected chi connectivity index (χ0v) is 8.50. The number of benzene rings is 1. The van der Waals surface area contributed by atoms with E-state index in [-0.39, 0.29) is 11.9 Å². The van der Waals surface area contributed by atoms with Gasteiger partial charge in [-0.15, -0.1) is 0 Å². The minimum absolute atomic E-state index is 0.0244. The van der Waals surface area contributed by atoms with Crippen molar-refractivity contribution in [3.63, 3.8) is 0 Å². The Bertz CT molecular complexity index is 355. The topological polar surface area (TPSA) is 12.4 Å². The van der Waals surface area contributed by atoms with Crippen molar-refractivity contribution in [2.45, 2.75) is 19.9 Å². The molecule has 1 aromatic rings. The molecular formula is C12H14FN. The lowest BCUT2D eigenvalue weighted by molar-refractivity contribution is 0.622. The second-order valence-corrected chi connectivity index (χ2v) is 3.21. The summed E-state index contributed by atoms with van der Waals surface area (Å²) < 4.78 is 12.9. The van der Waals surface area contributed by atoms with Crippen molar-refractivity contribution in [3.8, 4) is 0 Å². The predicted molar refractivity (Wildman–Crippen MR) is 58.1 cm³/mol.